The molecule has 116 valence electrons. The van der Waals surface area contributed by atoms with E-state index in [4.69, 9.17) is 5.73 Å². The zero-order valence-corrected chi connectivity index (χ0v) is 12.2. The summed E-state index contributed by atoms with van der Waals surface area (Å²) in [7, 11) is 0. The number of hydrogen-bond acceptors (Lipinski definition) is 4. The van der Waals surface area contributed by atoms with Gasteiger partial charge >= 0.3 is 0 Å². The highest BCUT2D eigenvalue weighted by Crippen LogP contribution is 2.24. The number of rotatable bonds is 4. The van der Waals surface area contributed by atoms with Crippen LogP contribution in [0.15, 0.2) is 29.8 Å². The summed E-state index contributed by atoms with van der Waals surface area (Å²) < 4.78 is 13.2. The van der Waals surface area contributed by atoms with Crippen LogP contribution in [-0.4, -0.2) is 15.8 Å². The predicted molar refractivity (Wildman–Crippen MR) is 87.8 cm³/mol. The molecular formula is C16H18FN3OS. The molecule has 0 spiro atoms. The molecule has 3 aromatic rings. The lowest BCUT2D eigenvalue weighted by Crippen LogP contribution is -2.09. The average Bonchev–Trinajstić information content (AvgIpc) is 3.12. The molecule has 0 saturated heterocycles. The Kier molecular flexibility index (Phi) is 4.73. The number of hydrogen-bond donors (Lipinski definition) is 2. The molecule has 0 bridgehead atoms. The lowest BCUT2D eigenvalue weighted by Gasteiger charge is -2.02. The zero-order valence-electron chi connectivity index (χ0n) is 11.4. The number of nitrogens with two attached hydrogens (primary N) is 1. The molecule has 0 aliphatic heterocycles. The molecule has 0 saturated carbocycles. The normalized spacial score (nSPS) is 12.1. The van der Waals surface area contributed by atoms with Gasteiger partial charge in [-0.15, -0.1) is 11.3 Å². The molecule has 2 aromatic heterocycles. The smallest absolute Gasteiger partial charge is 0.223 e. The largest absolute Gasteiger partial charge is 0.360 e. The Morgan fingerprint density at radius 2 is 2.27 bits per heavy atom. The van der Waals surface area contributed by atoms with Crippen molar-refractivity contribution in [3.8, 4) is 0 Å². The summed E-state index contributed by atoms with van der Waals surface area (Å²) in [4.78, 5) is 19.8. The number of nitrogens with zero attached hydrogens (tertiary/aromatic N) is 1. The van der Waals surface area contributed by atoms with E-state index >= 15 is 0 Å². The maximum absolute atomic E-state index is 13.2. The highest BCUT2D eigenvalue weighted by molar-refractivity contribution is 7.12. The van der Waals surface area contributed by atoms with Crippen LogP contribution < -0.4 is 5.73 Å². The van der Waals surface area contributed by atoms with Crippen molar-refractivity contribution in [3.63, 3.8) is 0 Å². The first kappa shape index (κ1) is 16.3. The summed E-state index contributed by atoms with van der Waals surface area (Å²) in [6, 6.07) is 4.15. The number of carbonyl (C=O) groups excluding carboxylic acids is 1. The van der Waals surface area contributed by atoms with E-state index in [1.807, 2.05) is 12.3 Å². The van der Waals surface area contributed by atoms with Crippen LogP contribution in [0.5, 0.6) is 0 Å². The van der Waals surface area contributed by atoms with Crippen LogP contribution in [0.3, 0.4) is 0 Å². The Labute approximate surface area is 132 Å². The Bertz CT molecular complexity index is 809. The molecule has 4 nitrogen and oxygen atoms in total. The van der Waals surface area contributed by atoms with Crippen molar-refractivity contribution in [2.75, 3.05) is 0 Å². The van der Waals surface area contributed by atoms with Crippen molar-refractivity contribution >= 4 is 28.0 Å². The van der Waals surface area contributed by atoms with Gasteiger partial charge in [0, 0.05) is 28.5 Å². The van der Waals surface area contributed by atoms with E-state index in [0.29, 0.717) is 21.5 Å². The molecule has 1 atom stereocenters. The van der Waals surface area contributed by atoms with Gasteiger partial charge in [-0.25, -0.2) is 9.37 Å². The maximum Gasteiger partial charge on any atom is 0.223 e. The average molecular weight is 319 g/mol. The number of thiazole rings is 1. The first-order valence-electron chi connectivity index (χ1n) is 6.62. The van der Waals surface area contributed by atoms with Crippen LogP contribution in [0.1, 0.15) is 47.9 Å². The minimum absolute atomic E-state index is 0. The van der Waals surface area contributed by atoms with E-state index in [9.17, 15) is 9.18 Å². The number of aromatic nitrogens is 2. The maximum atomic E-state index is 13.2. The second kappa shape index (κ2) is 6.37. The molecule has 1 aromatic carbocycles. The van der Waals surface area contributed by atoms with Gasteiger partial charge in [-0.3, -0.25) is 4.79 Å². The third-order valence-electron chi connectivity index (χ3n) is 3.42. The second-order valence-corrected chi connectivity index (χ2v) is 5.67. The van der Waals surface area contributed by atoms with Gasteiger partial charge < -0.3 is 10.7 Å². The van der Waals surface area contributed by atoms with Gasteiger partial charge in [-0.2, -0.15) is 0 Å². The van der Waals surface area contributed by atoms with Crippen molar-refractivity contribution < 1.29 is 9.18 Å². The van der Waals surface area contributed by atoms with Gasteiger partial charge in [0.1, 0.15) is 5.82 Å². The van der Waals surface area contributed by atoms with Crippen molar-refractivity contribution in [1.29, 1.82) is 0 Å². The number of halogens is 1. The Morgan fingerprint density at radius 3 is 3.00 bits per heavy atom. The summed E-state index contributed by atoms with van der Waals surface area (Å²) in [6.07, 6.45) is 2.36. The quantitative estimate of drug-likeness (QED) is 0.713. The summed E-state index contributed by atoms with van der Waals surface area (Å²) >= 11 is 1.28. The molecule has 0 aliphatic carbocycles. The van der Waals surface area contributed by atoms with Gasteiger partial charge in [-0.05, 0) is 24.6 Å². The van der Waals surface area contributed by atoms with E-state index in [-0.39, 0.29) is 25.1 Å². The Balaban J connectivity index is 0.00000176. The summed E-state index contributed by atoms with van der Waals surface area (Å²) in [5.74, 6) is -0.513. The molecule has 22 heavy (non-hydrogen) atoms. The molecule has 0 unspecified atom stereocenters. The van der Waals surface area contributed by atoms with Crippen LogP contribution in [0.4, 0.5) is 4.39 Å². The third kappa shape index (κ3) is 2.80. The molecule has 6 heteroatoms. The summed E-state index contributed by atoms with van der Waals surface area (Å²) in [6.45, 7) is 1.97. The minimum atomic E-state index is -0.339. The molecule has 0 radical (unpaired) electrons. The Morgan fingerprint density at radius 1 is 1.50 bits per heavy atom. The lowest BCUT2D eigenvalue weighted by molar-refractivity contribution is 0.103. The highest BCUT2D eigenvalue weighted by atomic mass is 32.1. The number of benzene rings is 1. The SMILES string of the molecule is C.CC[C@H](N)c1csc(C(=O)c2c[nH]c3cc(F)ccc23)n1. The standard InChI is InChI=1S/C15H14FN3OS.CH4/c1-2-11(17)13-7-21-15(19-13)14(20)10-6-18-12-5-8(16)3-4-9(10)12;/h3-7,11,18H,2,17H2,1H3;1H4/t11-;/m0./s1. The number of fused-ring (bicyclic) bond motifs is 1. The van der Waals surface area contributed by atoms with Gasteiger partial charge in [0.15, 0.2) is 5.01 Å². The van der Waals surface area contributed by atoms with E-state index in [0.717, 1.165) is 12.1 Å². The van der Waals surface area contributed by atoms with E-state index in [1.54, 1.807) is 12.3 Å². The van der Waals surface area contributed by atoms with Gasteiger partial charge in [0.2, 0.25) is 5.78 Å². The number of carbonyl (C=O) groups is 1. The number of H-pyrrole nitrogens is 1. The van der Waals surface area contributed by atoms with Crippen LogP contribution in [-0.2, 0) is 0 Å². The minimum Gasteiger partial charge on any atom is -0.360 e. The van der Waals surface area contributed by atoms with Crippen LogP contribution >= 0.6 is 11.3 Å². The van der Waals surface area contributed by atoms with Crippen LogP contribution in [0.25, 0.3) is 10.9 Å². The molecule has 3 rings (SSSR count). The zero-order chi connectivity index (χ0) is 15.0. The fraction of sp³-hybridized carbons (Fsp3) is 0.250. The molecule has 0 aliphatic rings. The van der Waals surface area contributed by atoms with Gasteiger partial charge in [-0.1, -0.05) is 14.4 Å². The summed E-state index contributed by atoms with van der Waals surface area (Å²) in [5.41, 5.74) is 7.75. The predicted octanol–water partition coefficient (Wildman–Crippen LogP) is 4.04. The fourth-order valence-corrected chi connectivity index (χ4v) is 3.01. The highest BCUT2D eigenvalue weighted by Gasteiger charge is 2.19. The summed E-state index contributed by atoms with van der Waals surface area (Å²) in [5, 5.41) is 2.91. The third-order valence-corrected chi connectivity index (χ3v) is 4.28. The fourth-order valence-electron chi connectivity index (χ4n) is 2.17. The first-order chi connectivity index (χ1) is 10.1. The number of aromatic amines is 1. The van der Waals surface area contributed by atoms with Gasteiger partial charge in [0.05, 0.1) is 11.3 Å². The number of nitrogens with one attached hydrogen (secondary N) is 1. The van der Waals surface area contributed by atoms with E-state index in [1.165, 1.54) is 23.5 Å². The molecule has 3 N–H and O–H groups in total. The van der Waals surface area contributed by atoms with E-state index < -0.39 is 0 Å². The molecular weight excluding hydrogens is 301 g/mol. The monoisotopic (exact) mass is 319 g/mol. The van der Waals surface area contributed by atoms with Crippen molar-refractivity contribution in [1.82, 2.24) is 9.97 Å². The Hall–Kier alpha value is -2.05. The topological polar surface area (TPSA) is 71.8 Å². The molecule has 0 fully saturated rings. The van der Waals surface area contributed by atoms with Crippen molar-refractivity contribution in [2.24, 2.45) is 5.73 Å². The van der Waals surface area contributed by atoms with Crippen molar-refractivity contribution in [2.45, 2.75) is 26.8 Å². The van der Waals surface area contributed by atoms with Gasteiger partial charge in [0.25, 0.3) is 0 Å². The van der Waals surface area contributed by atoms with E-state index in [2.05, 4.69) is 9.97 Å². The second-order valence-electron chi connectivity index (χ2n) is 4.81. The first-order valence-corrected chi connectivity index (χ1v) is 7.50. The molecule has 0 amide bonds. The van der Waals surface area contributed by atoms with Crippen LogP contribution in [0, 0.1) is 5.82 Å². The van der Waals surface area contributed by atoms with Crippen molar-refractivity contribution in [3.05, 3.63) is 51.9 Å². The van der Waals surface area contributed by atoms with Crippen LogP contribution in [0.2, 0.25) is 0 Å². The number of ketones is 1. The molecule has 2 heterocycles. The lowest BCUT2D eigenvalue weighted by atomic mass is 10.1.